The Kier molecular flexibility index (Phi) is 10.5. The van der Waals surface area contributed by atoms with E-state index in [2.05, 4.69) is 22.9 Å². The van der Waals surface area contributed by atoms with Crippen molar-refractivity contribution >= 4 is 40.5 Å². The molecule has 0 aliphatic rings. The number of unbranched alkanes of at least 4 members (excludes halogenated alkanes) is 3. The molecule has 3 N–H and O–H groups in total. The van der Waals surface area contributed by atoms with Crippen LogP contribution in [-0.4, -0.2) is 23.5 Å². The van der Waals surface area contributed by atoms with Gasteiger partial charge in [0.05, 0.1) is 12.2 Å². The zero-order valence-corrected chi connectivity index (χ0v) is 19.0. The van der Waals surface area contributed by atoms with Crippen molar-refractivity contribution in [1.29, 1.82) is 0 Å². The van der Waals surface area contributed by atoms with Crippen LogP contribution in [0.15, 0.2) is 48.5 Å². The summed E-state index contributed by atoms with van der Waals surface area (Å²) in [6.07, 6.45) is 5.65. The Morgan fingerprint density at radius 2 is 1.65 bits per heavy atom. The van der Waals surface area contributed by atoms with E-state index < -0.39 is 0 Å². The summed E-state index contributed by atoms with van der Waals surface area (Å²) in [5, 5.41) is 8.67. The standard InChI is InChI=1S/C24H31N3O3S/c1-3-5-6-9-16-30-21-15-8-7-14-20(21)23(29)27-24(31)26-19-13-10-12-18(17-19)25-22(28)11-4-2/h7-8,10,12-15,17H,3-6,9,11,16H2,1-2H3,(H,25,28)(H2,26,27,29,31). The van der Waals surface area contributed by atoms with Crippen molar-refractivity contribution in [3.8, 4) is 5.75 Å². The molecule has 0 atom stereocenters. The number of carbonyl (C=O) groups is 2. The first-order valence-corrected chi connectivity index (χ1v) is 11.2. The lowest BCUT2D eigenvalue weighted by atomic mass is 10.2. The van der Waals surface area contributed by atoms with E-state index in [1.54, 1.807) is 42.5 Å². The average Bonchev–Trinajstić information content (AvgIpc) is 2.74. The van der Waals surface area contributed by atoms with Gasteiger partial charge in [-0.25, -0.2) is 0 Å². The molecule has 2 aromatic carbocycles. The van der Waals surface area contributed by atoms with Crippen LogP contribution in [0.3, 0.4) is 0 Å². The molecule has 7 heteroatoms. The molecule has 166 valence electrons. The quantitative estimate of drug-likeness (QED) is 0.316. The molecule has 0 unspecified atom stereocenters. The number of carbonyl (C=O) groups excluding carboxylic acids is 2. The van der Waals surface area contributed by atoms with Crippen LogP contribution in [-0.2, 0) is 4.79 Å². The van der Waals surface area contributed by atoms with Gasteiger partial charge in [0.25, 0.3) is 5.91 Å². The SMILES string of the molecule is CCCCCCOc1ccccc1C(=O)NC(=S)Nc1cccc(NC(=O)CCC)c1. The van der Waals surface area contributed by atoms with Gasteiger partial charge in [0.15, 0.2) is 5.11 Å². The monoisotopic (exact) mass is 441 g/mol. The molecule has 0 bridgehead atoms. The lowest BCUT2D eigenvalue weighted by Gasteiger charge is -2.13. The molecule has 0 aromatic heterocycles. The maximum Gasteiger partial charge on any atom is 0.261 e. The van der Waals surface area contributed by atoms with Gasteiger partial charge in [0.1, 0.15) is 5.75 Å². The normalized spacial score (nSPS) is 10.3. The summed E-state index contributed by atoms with van der Waals surface area (Å²) in [6, 6.07) is 14.3. The van der Waals surface area contributed by atoms with Crippen LogP contribution in [0.2, 0.25) is 0 Å². The largest absolute Gasteiger partial charge is 0.493 e. The summed E-state index contributed by atoms with van der Waals surface area (Å²) in [4.78, 5) is 24.5. The summed E-state index contributed by atoms with van der Waals surface area (Å²) < 4.78 is 5.81. The molecule has 0 spiro atoms. The van der Waals surface area contributed by atoms with Gasteiger partial charge in [0, 0.05) is 17.8 Å². The molecule has 0 aliphatic carbocycles. The topological polar surface area (TPSA) is 79.5 Å². The van der Waals surface area contributed by atoms with Gasteiger partial charge in [-0.3, -0.25) is 14.9 Å². The van der Waals surface area contributed by atoms with Gasteiger partial charge in [-0.2, -0.15) is 0 Å². The maximum absolute atomic E-state index is 12.7. The summed E-state index contributed by atoms with van der Waals surface area (Å²) in [5.41, 5.74) is 1.77. The van der Waals surface area contributed by atoms with E-state index in [4.69, 9.17) is 17.0 Å². The fourth-order valence-electron chi connectivity index (χ4n) is 2.95. The van der Waals surface area contributed by atoms with Crippen molar-refractivity contribution in [1.82, 2.24) is 5.32 Å². The Bertz CT molecular complexity index is 886. The maximum atomic E-state index is 12.7. The van der Waals surface area contributed by atoms with Crippen LogP contribution in [0.5, 0.6) is 5.75 Å². The Balaban J connectivity index is 1.93. The summed E-state index contributed by atoms with van der Waals surface area (Å²) >= 11 is 5.29. The van der Waals surface area contributed by atoms with E-state index >= 15 is 0 Å². The minimum absolute atomic E-state index is 0.0400. The number of amides is 2. The molecule has 0 heterocycles. The lowest BCUT2D eigenvalue weighted by molar-refractivity contribution is -0.116. The van der Waals surface area contributed by atoms with Crippen molar-refractivity contribution in [3.05, 3.63) is 54.1 Å². The number of thiocarbonyl (C=S) groups is 1. The number of para-hydroxylation sites is 1. The molecule has 0 radical (unpaired) electrons. The van der Waals surface area contributed by atoms with Crippen LogP contribution in [0, 0.1) is 0 Å². The zero-order valence-electron chi connectivity index (χ0n) is 18.2. The smallest absolute Gasteiger partial charge is 0.261 e. The highest BCUT2D eigenvalue weighted by atomic mass is 32.1. The summed E-state index contributed by atoms with van der Waals surface area (Å²) in [6.45, 7) is 4.69. The minimum Gasteiger partial charge on any atom is -0.493 e. The van der Waals surface area contributed by atoms with Crippen LogP contribution in [0.25, 0.3) is 0 Å². The molecule has 0 aliphatic heterocycles. The third kappa shape index (κ3) is 8.76. The molecule has 0 saturated carbocycles. The van der Waals surface area contributed by atoms with Gasteiger partial charge >= 0.3 is 0 Å². The second-order valence-corrected chi connectivity index (χ2v) is 7.60. The van der Waals surface area contributed by atoms with E-state index in [0.717, 1.165) is 25.7 Å². The molecule has 2 rings (SSSR count). The Morgan fingerprint density at radius 3 is 2.39 bits per heavy atom. The van der Waals surface area contributed by atoms with Crippen molar-refractivity contribution < 1.29 is 14.3 Å². The predicted molar refractivity (Wildman–Crippen MR) is 130 cm³/mol. The molecule has 6 nitrogen and oxygen atoms in total. The van der Waals surface area contributed by atoms with Crippen LogP contribution in [0.4, 0.5) is 11.4 Å². The number of nitrogens with one attached hydrogen (secondary N) is 3. The summed E-state index contributed by atoms with van der Waals surface area (Å²) in [5.74, 6) is 0.163. The zero-order chi connectivity index (χ0) is 22.5. The highest BCUT2D eigenvalue weighted by molar-refractivity contribution is 7.80. The second-order valence-electron chi connectivity index (χ2n) is 7.19. The molecule has 31 heavy (non-hydrogen) atoms. The first kappa shape index (κ1) is 24.3. The lowest BCUT2D eigenvalue weighted by Crippen LogP contribution is -2.34. The molecular weight excluding hydrogens is 410 g/mol. The predicted octanol–water partition coefficient (Wildman–Crippen LogP) is 5.51. The van der Waals surface area contributed by atoms with E-state index in [0.29, 0.717) is 35.7 Å². The van der Waals surface area contributed by atoms with Crippen molar-refractivity contribution in [3.63, 3.8) is 0 Å². The van der Waals surface area contributed by atoms with Crippen molar-refractivity contribution in [2.75, 3.05) is 17.2 Å². The van der Waals surface area contributed by atoms with Gasteiger partial charge in [-0.05, 0) is 55.4 Å². The van der Waals surface area contributed by atoms with E-state index in [9.17, 15) is 9.59 Å². The fraction of sp³-hybridized carbons (Fsp3) is 0.375. The first-order valence-electron chi connectivity index (χ1n) is 10.8. The van der Waals surface area contributed by atoms with Gasteiger partial charge in [-0.1, -0.05) is 51.3 Å². The van der Waals surface area contributed by atoms with Crippen LogP contribution >= 0.6 is 12.2 Å². The molecular formula is C24H31N3O3S. The number of benzene rings is 2. The highest BCUT2D eigenvalue weighted by Crippen LogP contribution is 2.19. The van der Waals surface area contributed by atoms with E-state index in [-0.39, 0.29) is 16.9 Å². The molecule has 2 aromatic rings. The third-order valence-electron chi connectivity index (χ3n) is 4.50. The average molecular weight is 442 g/mol. The highest BCUT2D eigenvalue weighted by Gasteiger charge is 2.14. The Hall–Kier alpha value is -2.93. The van der Waals surface area contributed by atoms with E-state index in [1.165, 1.54) is 6.42 Å². The number of ether oxygens (including phenoxy) is 1. The van der Waals surface area contributed by atoms with Crippen molar-refractivity contribution in [2.45, 2.75) is 52.4 Å². The van der Waals surface area contributed by atoms with Crippen LogP contribution in [0.1, 0.15) is 62.7 Å². The number of anilines is 2. The summed E-state index contributed by atoms with van der Waals surface area (Å²) in [7, 11) is 0. The van der Waals surface area contributed by atoms with Crippen LogP contribution < -0.4 is 20.7 Å². The van der Waals surface area contributed by atoms with Gasteiger partial charge in [-0.15, -0.1) is 0 Å². The van der Waals surface area contributed by atoms with Gasteiger partial charge < -0.3 is 15.4 Å². The molecule has 0 fully saturated rings. The Labute approximate surface area is 189 Å². The number of hydrogen-bond donors (Lipinski definition) is 3. The van der Waals surface area contributed by atoms with Gasteiger partial charge in [0.2, 0.25) is 5.91 Å². The number of hydrogen-bond acceptors (Lipinski definition) is 4. The van der Waals surface area contributed by atoms with E-state index in [1.807, 2.05) is 13.0 Å². The number of rotatable bonds is 11. The Morgan fingerprint density at radius 1 is 0.903 bits per heavy atom. The second kappa shape index (κ2) is 13.4. The minimum atomic E-state index is -0.339. The fourth-order valence-corrected chi connectivity index (χ4v) is 3.16. The molecule has 0 saturated heterocycles. The first-order chi connectivity index (χ1) is 15.0. The third-order valence-corrected chi connectivity index (χ3v) is 4.70. The van der Waals surface area contributed by atoms with Crippen molar-refractivity contribution in [2.24, 2.45) is 0 Å². The molecule has 2 amide bonds.